The number of halogens is 2. The summed E-state index contributed by atoms with van der Waals surface area (Å²) in [6.07, 6.45) is 1.47. The number of anilines is 1. The molecular weight excluding hydrogens is 375 g/mol. The lowest BCUT2D eigenvalue weighted by molar-refractivity contribution is -0.0980. The summed E-state index contributed by atoms with van der Waals surface area (Å²) in [4.78, 5) is 19.7. The van der Waals surface area contributed by atoms with E-state index in [0.29, 0.717) is 11.6 Å². The molecule has 0 spiro atoms. The molecule has 0 aromatic heterocycles. The second-order valence-electron chi connectivity index (χ2n) is 4.62. The topological polar surface area (TPSA) is 78.4 Å². The van der Waals surface area contributed by atoms with Gasteiger partial charge in [-0.2, -0.15) is 0 Å². The van der Waals surface area contributed by atoms with Gasteiger partial charge in [-0.15, -0.1) is 11.6 Å². The maximum atomic E-state index is 11.7. The van der Waals surface area contributed by atoms with Gasteiger partial charge in [-0.05, 0) is 43.7 Å². The molecule has 7 heteroatoms. The van der Waals surface area contributed by atoms with Gasteiger partial charge in [0.25, 0.3) is 0 Å². The molecule has 0 aliphatic heterocycles. The zero-order chi connectivity index (χ0) is 20.4. The monoisotopic (exact) mass is 400 g/mol. The minimum Gasteiger partial charge on any atom is -0.397 e. The van der Waals surface area contributed by atoms with Gasteiger partial charge in [0.15, 0.2) is 0 Å². The van der Waals surface area contributed by atoms with Gasteiger partial charge in [-0.1, -0.05) is 41.4 Å². The first-order valence-corrected chi connectivity index (χ1v) is 8.82. The van der Waals surface area contributed by atoms with Gasteiger partial charge < -0.3 is 20.5 Å². The first-order valence-electron chi connectivity index (χ1n) is 7.68. The van der Waals surface area contributed by atoms with E-state index >= 15 is 0 Å². The molecule has 0 atom stereocenters. The number of amides is 2. The Bertz CT molecular complexity index is 591. The van der Waals surface area contributed by atoms with E-state index < -0.39 is 0 Å². The Morgan fingerprint density at radius 2 is 1.50 bits per heavy atom. The minimum atomic E-state index is -0.223. The molecular formula is C19H26Cl2N2O3. The van der Waals surface area contributed by atoms with Crippen LogP contribution < -0.4 is 10.6 Å². The van der Waals surface area contributed by atoms with Crippen molar-refractivity contribution in [3.8, 4) is 0 Å². The van der Waals surface area contributed by atoms with Gasteiger partial charge in [-0.25, -0.2) is 4.79 Å². The number of nitrogens with one attached hydrogen (secondary N) is 2. The molecule has 0 aliphatic carbocycles. The fourth-order valence-corrected chi connectivity index (χ4v) is 1.72. The minimum absolute atomic E-state index is 0.223. The third-order valence-electron chi connectivity index (χ3n) is 2.68. The summed E-state index contributed by atoms with van der Waals surface area (Å²) in [6, 6.07) is 14.8. The number of aliphatic hydroxyl groups is 1. The van der Waals surface area contributed by atoms with Gasteiger partial charge in [0, 0.05) is 30.2 Å². The Kier molecular flexibility index (Phi) is 17.8. The lowest BCUT2D eigenvalue weighted by atomic mass is 10.2. The van der Waals surface area contributed by atoms with Crippen molar-refractivity contribution in [1.29, 1.82) is 0 Å². The van der Waals surface area contributed by atoms with E-state index in [4.69, 9.17) is 21.5 Å². The highest BCUT2D eigenvalue weighted by Crippen LogP contribution is 2.10. The van der Waals surface area contributed by atoms with E-state index in [1.807, 2.05) is 50.1 Å². The third kappa shape index (κ3) is 13.2. The van der Waals surface area contributed by atoms with Crippen molar-refractivity contribution < 1.29 is 14.7 Å². The Hall–Kier alpha value is -2.08. The normalized spacial score (nSPS) is 8.38. The van der Waals surface area contributed by atoms with Crippen molar-refractivity contribution in [3.63, 3.8) is 0 Å². The number of carbonyl (C=O) groups is 2. The Balaban J connectivity index is 0. The van der Waals surface area contributed by atoms with E-state index in [-0.39, 0.29) is 12.6 Å². The van der Waals surface area contributed by atoms with Crippen LogP contribution in [0.2, 0.25) is 5.02 Å². The second kappa shape index (κ2) is 17.7. The second-order valence-corrected chi connectivity index (χ2v) is 5.05. The van der Waals surface area contributed by atoms with Crippen LogP contribution in [0.5, 0.6) is 0 Å². The van der Waals surface area contributed by atoms with Crippen molar-refractivity contribution in [2.75, 3.05) is 18.3 Å². The molecule has 0 fully saturated rings. The molecule has 144 valence electrons. The zero-order valence-corrected chi connectivity index (χ0v) is 16.8. The van der Waals surface area contributed by atoms with Crippen LogP contribution in [0.15, 0.2) is 48.5 Å². The lowest BCUT2D eigenvalue weighted by Crippen LogP contribution is -2.28. The molecule has 26 heavy (non-hydrogen) atoms. The summed E-state index contributed by atoms with van der Waals surface area (Å²) in [7, 11) is 0. The first kappa shape index (κ1) is 26.2. The van der Waals surface area contributed by atoms with E-state index in [0.717, 1.165) is 16.8 Å². The van der Waals surface area contributed by atoms with Crippen LogP contribution in [0.3, 0.4) is 0 Å². The third-order valence-corrected chi connectivity index (χ3v) is 2.93. The number of urea groups is 1. The van der Waals surface area contributed by atoms with E-state index in [1.54, 1.807) is 19.1 Å². The number of aliphatic hydroxyl groups excluding tert-OH is 1. The molecule has 3 N–H and O–H groups in total. The molecule has 2 amide bonds. The van der Waals surface area contributed by atoms with Gasteiger partial charge >= 0.3 is 6.03 Å². The van der Waals surface area contributed by atoms with Crippen LogP contribution in [-0.4, -0.2) is 30.9 Å². The average Bonchev–Trinajstić information content (AvgIpc) is 2.67. The average molecular weight is 401 g/mol. The number of aryl methyl sites for hydroxylation is 1. The van der Waals surface area contributed by atoms with Crippen molar-refractivity contribution in [3.05, 3.63) is 64.7 Å². The van der Waals surface area contributed by atoms with Crippen molar-refractivity contribution in [2.24, 2.45) is 0 Å². The fourth-order valence-electron chi connectivity index (χ4n) is 1.60. The number of hydrogen-bond donors (Lipinski definition) is 3. The van der Waals surface area contributed by atoms with Crippen molar-refractivity contribution in [1.82, 2.24) is 5.32 Å². The predicted molar refractivity (Wildman–Crippen MR) is 110 cm³/mol. The summed E-state index contributed by atoms with van der Waals surface area (Å²) in [5.74, 6) is 0. The van der Waals surface area contributed by atoms with E-state index in [9.17, 15) is 4.79 Å². The maximum Gasteiger partial charge on any atom is 0.319 e. The molecule has 2 aromatic carbocycles. The van der Waals surface area contributed by atoms with E-state index in [2.05, 4.69) is 22.2 Å². The molecule has 0 bridgehead atoms. The molecule has 0 unspecified atom stereocenters. The largest absolute Gasteiger partial charge is 0.397 e. The summed E-state index contributed by atoms with van der Waals surface area (Å²) < 4.78 is 0. The summed E-state index contributed by atoms with van der Waals surface area (Å²) in [6.45, 7) is 6.40. The van der Waals surface area contributed by atoms with Crippen LogP contribution in [0.1, 0.15) is 18.1 Å². The smallest absolute Gasteiger partial charge is 0.319 e. The first-order chi connectivity index (χ1) is 12.5. The number of alkyl halides is 1. The van der Waals surface area contributed by atoms with Gasteiger partial charge in [0.2, 0.25) is 0 Å². The number of carbonyl (C=O) groups excluding carboxylic acids is 2. The molecule has 2 rings (SSSR count). The van der Waals surface area contributed by atoms with Crippen LogP contribution >= 0.6 is 23.2 Å². The Morgan fingerprint density at radius 3 is 1.96 bits per heavy atom. The molecule has 5 nitrogen and oxygen atoms in total. The highest BCUT2D eigenvalue weighted by atomic mass is 35.5. The van der Waals surface area contributed by atoms with Crippen LogP contribution in [0.25, 0.3) is 0 Å². The molecule has 0 saturated heterocycles. The highest BCUT2D eigenvalue weighted by molar-refractivity contribution is 6.30. The predicted octanol–water partition coefficient (Wildman–Crippen LogP) is 4.64. The molecule has 0 aliphatic rings. The maximum absolute atomic E-state index is 11.7. The highest BCUT2D eigenvalue weighted by Gasteiger charge is 2.01. The summed E-state index contributed by atoms with van der Waals surface area (Å²) in [5, 5.41) is 13.8. The van der Waals surface area contributed by atoms with Crippen molar-refractivity contribution in [2.45, 2.75) is 20.4 Å². The van der Waals surface area contributed by atoms with Crippen LogP contribution in [0.4, 0.5) is 10.5 Å². The molecule has 0 saturated carbocycles. The van der Waals surface area contributed by atoms with Crippen molar-refractivity contribution >= 4 is 41.7 Å². The number of hydrogen-bond acceptors (Lipinski definition) is 3. The van der Waals surface area contributed by atoms with Crippen LogP contribution in [-0.2, 0) is 11.3 Å². The molecule has 0 heterocycles. The molecule has 2 aromatic rings. The number of rotatable bonds is 3. The lowest BCUT2D eigenvalue weighted by Gasteiger charge is -2.08. The number of benzene rings is 2. The summed E-state index contributed by atoms with van der Waals surface area (Å²) in [5.41, 5.74) is 2.94. The quantitative estimate of drug-likeness (QED) is 0.656. The van der Waals surface area contributed by atoms with Gasteiger partial charge in [0.1, 0.15) is 6.79 Å². The van der Waals surface area contributed by atoms with E-state index in [1.165, 1.54) is 6.38 Å². The van der Waals surface area contributed by atoms with Gasteiger partial charge in [0.05, 0.1) is 0 Å². The molecule has 0 radical (unpaired) electrons. The fraction of sp³-hybridized carbons (Fsp3) is 0.263. The SMILES string of the molecule is C=O.CCO.CCl.Cc1ccc(NC(=O)NCc2ccc(Cl)cc2)cc1. The Morgan fingerprint density at radius 1 is 1.04 bits per heavy atom. The summed E-state index contributed by atoms with van der Waals surface area (Å²) >= 11 is 10.4. The zero-order valence-electron chi connectivity index (χ0n) is 15.3. The standard InChI is InChI=1S/C15H15ClN2O.C2H6O.CH3Cl.CH2O/c1-11-2-8-14(9-3-11)18-15(19)17-10-12-4-6-13(16)7-5-12;1-2-3;2*1-2/h2-9H,10H2,1H3,(H2,17,18,19);3H,2H2,1H3;1H3;1H2. The van der Waals surface area contributed by atoms with Gasteiger partial charge in [-0.3, -0.25) is 0 Å². The van der Waals surface area contributed by atoms with Crippen LogP contribution in [0, 0.1) is 6.92 Å². The Labute approximate surface area is 165 Å².